The van der Waals surface area contributed by atoms with Crippen LogP contribution in [0.25, 0.3) is 0 Å². The molecule has 0 N–H and O–H groups in total. The molecule has 12 heavy (non-hydrogen) atoms. The van der Waals surface area contributed by atoms with E-state index in [0.29, 0.717) is 13.1 Å². The SMILES string of the molecule is CCN(CC)C(C)C(F)(F)CF. The Labute approximate surface area is 71.6 Å². The largest absolute Gasteiger partial charge is 0.295 e. The Morgan fingerprint density at radius 2 is 1.67 bits per heavy atom. The minimum Gasteiger partial charge on any atom is -0.295 e. The van der Waals surface area contributed by atoms with Gasteiger partial charge in [0.05, 0.1) is 6.04 Å². The highest BCUT2D eigenvalue weighted by Crippen LogP contribution is 2.23. The molecule has 0 aromatic rings. The van der Waals surface area contributed by atoms with E-state index >= 15 is 0 Å². The monoisotopic (exact) mass is 183 g/mol. The van der Waals surface area contributed by atoms with Crippen molar-refractivity contribution >= 4 is 0 Å². The number of hydrogen-bond acceptors (Lipinski definition) is 1. The lowest BCUT2D eigenvalue weighted by Gasteiger charge is -2.31. The molecule has 74 valence electrons. The van der Waals surface area contributed by atoms with Crippen LogP contribution in [0.4, 0.5) is 13.2 Å². The lowest BCUT2D eigenvalue weighted by atomic mass is 10.1. The van der Waals surface area contributed by atoms with Gasteiger partial charge < -0.3 is 0 Å². The van der Waals surface area contributed by atoms with Gasteiger partial charge in [0.15, 0.2) is 6.67 Å². The fourth-order valence-corrected chi connectivity index (χ4v) is 1.15. The van der Waals surface area contributed by atoms with Gasteiger partial charge >= 0.3 is 0 Å². The molecule has 0 radical (unpaired) electrons. The second kappa shape index (κ2) is 4.70. The van der Waals surface area contributed by atoms with Crippen molar-refractivity contribution in [3.63, 3.8) is 0 Å². The van der Waals surface area contributed by atoms with Crippen molar-refractivity contribution in [1.82, 2.24) is 4.90 Å². The predicted molar refractivity (Wildman–Crippen MR) is 43.3 cm³/mol. The Kier molecular flexibility index (Phi) is 4.60. The van der Waals surface area contributed by atoms with E-state index < -0.39 is 18.6 Å². The summed E-state index contributed by atoms with van der Waals surface area (Å²) in [5.41, 5.74) is 0. The van der Waals surface area contributed by atoms with E-state index in [9.17, 15) is 13.2 Å². The van der Waals surface area contributed by atoms with Crippen LogP contribution in [-0.4, -0.2) is 36.6 Å². The molecule has 0 aliphatic carbocycles. The maximum Gasteiger partial charge on any atom is 0.290 e. The van der Waals surface area contributed by atoms with E-state index in [2.05, 4.69) is 0 Å². The fourth-order valence-electron chi connectivity index (χ4n) is 1.15. The minimum atomic E-state index is -3.22. The highest BCUT2D eigenvalue weighted by molar-refractivity contribution is 4.80. The van der Waals surface area contributed by atoms with Crippen LogP contribution >= 0.6 is 0 Å². The second-order valence-corrected chi connectivity index (χ2v) is 2.79. The third kappa shape index (κ3) is 2.66. The van der Waals surface area contributed by atoms with E-state index in [4.69, 9.17) is 0 Å². The van der Waals surface area contributed by atoms with Crippen LogP contribution in [0.1, 0.15) is 20.8 Å². The topological polar surface area (TPSA) is 3.24 Å². The Morgan fingerprint density at radius 1 is 1.25 bits per heavy atom. The van der Waals surface area contributed by atoms with Crippen LogP contribution in [0.15, 0.2) is 0 Å². The van der Waals surface area contributed by atoms with Crippen molar-refractivity contribution in [2.75, 3.05) is 19.8 Å². The summed E-state index contributed by atoms with van der Waals surface area (Å²) >= 11 is 0. The summed E-state index contributed by atoms with van der Waals surface area (Å²) < 4.78 is 37.4. The molecule has 0 saturated heterocycles. The van der Waals surface area contributed by atoms with Crippen molar-refractivity contribution in [3.8, 4) is 0 Å². The van der Waals surface area contributed by atoms with Crippen molar-refractivity contribution in [1.29, 1.82) is 0 Å². The Bertz CT molecular complexity index is 123. The first-order valence-electron chi connectivity index (χ1n) is 4.17. The summed E-state index contributed by atoms with van der Waals surface area (Å²) in [7, 11) is 0. The molecule has 0 aliphatic heterocycles. The summed E-state index contributed by atoms with van der Waals surface area (Å²) in [6.07, 6.45) is 0. The van der Waals surface area contributed by atoms with Gasteiger partial charge in [-0.1, -0.05) is 13.8 Å². The lowest BCUT2D eigenvalue weighted by molar-refractivity contribution is -0.0878. The first kappa shape index (κ1) is 11.8. The predicted octanol–water partition coefficient (Wildman–Crippen LogP) is 2.32. The average Bonchev–Trinajstić information content (AvgIpc) is 2.06. The van der Waals surface area contributed by atoms with E-state index in [1.807, 2.05) is 0 Å². The van der Waals surface area contributed by atoms with Crippen LogP contribution in [0.2, 0.25) is 0 Å². The molecule has 0 aromatic heterocycles. The number of rotatable bonds is 5. The first-order chi connectivity index (χ1) is 5.49. The van der Waals surface area contributed by atoms with E-state index in [0.717, 1.165) is 0 Å². The van der Waals surface area contributed by atoms with Crippen molar-refractivity contribution in [2.45, 2.75) is 32.7 Å². The summed E-state index contributed by atoms with van der Waals surface area (Å²) in [6.45, 7) is 4.39. The third-order valence-electron chi connectivity index (χ3n) is 2.15. The molecule has 0 spiro atoms. The highest BCUT2D eigenvalue weighted by Gasteiger charge is 2.39. The molecule has 0 fully saturated rings. The Balaban J connectivity index is 4.23. The van der Waals surface area contributed by atoms with Gasteiger partial charge in [-0.05, 0) is 20.0 Å². The zero-order valence-corrected chi connectivity index (χ0v) is 7.78. The zero-order chi connectivity index (χ0) is 9.78. The smallest absolute Gasteiger partial charge is 0.290 e. The van der Waals surface area contributed by atoms with Gasteiger partial charge in [-0.25, -0.2) is 13.2 Å². The first-order valence-corrected chi connectivity index (χ1v) is 4.17. The highest BCUT2D eigenvalue weighted by atomic mass is 19.3. The molecule has 0 aliphatic rings. The maximum atomic E-state index is 12.8. The van der Waals surface area contributed by atoms with Crippen LogP contribution in [-0.2, 0) is 0 Å². The van der Waals surface area contributed by atoms with Gasteiger partial charge in [-0.2, -0.15) is 0 Å². The van der Waals surface area contributed by atoms with Gasteiger partial charge in [-0.15, -0.1) is 0 Å². The lowest BCUT2D eigenvalue weighted by Crippen LogP contribution is -2.47. The van der Waals surface area contributed by atoms with Gasteiger partial charge in [-0.3, -0.25) is 4.90 Å². The normalized spacial score (nSPS) is 15.2. The van der Waals surface area contributed by atoms with Gasteiger partial charge in [0.1, 0.15) is 0 Å². The summed E-state index contributed by atoms with van der Waals surface area (Å²) in [5, 5.41) is 0. The van der Waals surface area contributed by atoms with Gasteiger partial charge in [0, 0.05) is 0 Å². The molecule has 1 atom stereocenters. The van der Waals surface area contributed by atoms with Crippen molar-refractivity contribution in [3.05, 3.63) is 0 Å². The summed E-state index contributed by atoms with van der Waals surface area (Å²) in [5.74, 6) is -3.22. The molecular formula is C8H16F3N. The standard InChI is InChI=1S/C8H16F3N/c1-4-12(5-2)7(3)8(10,11)6-9/h7H,4-6H2,1-3H3. The molecular weight excluding hydrogens is 167 g/mol. The van der Waals surface area contributed by atoms with Gasteiger partial charge in [0.25, 0.3) is 5.92 Å². The third-order valence-corrected chi connectivity index (χ3v) is 2.15. The molecule has 0 bridgehead atoms. The van der Waals surface area contributed by atoms with E-state index in [1.54, 1.807) is 18.7 Å². The minimum absolute atomic E-state index is 0.521. The number of nitrogens with zero attached hydrogens (tertiary/aromatic N) is 1. The fraction of sp³-hybridized carbons (Fsp3) is 1.00. The molecule has 1 unspecified atom stereocenters. The Hall–Kier alpha value is -0.250. The van der Waals surface area contributed by atoms with Gasteiger partial charge in [0.2, 0.25) is 0 Å². The molecule has 0 amide bonds. The van der Waals surface area contributed by atoms with Crippen LogP contribution < -0.4 is 0 Å². The average molecular weight is 183 g/mol. The molecule has 0 rings (SSSR count). The molecule has 1 nitrogen and oxygen atoms in total. The van der Waals surface area contributed by atoms with Crippen LogP contribution in [0.5, 0.6) is 0 Å². The second-order valence-electron chi connectivity index (χ2n) is 2.79. The zero-order valence-electron chi connectivity index (χ0n) is 7.78. The van der Waals surface area contributed by atoms with Crippen LogP contribution in [0.3, 0.4) is 0 Å². The quantitative estimate of drug-likeness (QED) is 0.632. The summed E-state index contributed by atoms with van der Waals surface area (Å²) in [4.78, 5) is 1.54. The maximum absolute atomic E-state index is 12.8. The number of hydrogen-bond donors (Lipinski definition) is 0. The summed E-state index contributed by atoms with van der Waals surface area (Å²) in [6, 6.07) is -1.02. The number of alkyl halides is 3. The molecule has 0 aromatic carbocycles. The molecule has 4 heteroatoms. The van der Waals surface area contributed by atoms with E-state index in [-0.39, 0.29) is 0 Å². The van der Waals surface area contributed by atoms with Crippen molar-refractivity contribution in [2.24, 2.45) is 0 Å². The molecule has 0 heterocycles. The van der Waals surface area contributed by atoms with E-state index in [1.165, 1.54) is 6.92 Å². The number of halogens is 3. The Morgan fingerprint density at radius 3 is 1.92 bits per heavy atom. The molecule has 0 saturated carbocycles. The van der Waals surface area contributed by atoms with Crippen LogP contribution in [0, 0.1) is 0 Å². The van der Waals surface area contributed by atoms with Crippen molar-refractivity contribution < 1.29 is 13.2 Å².